The summed E-state index contributed by atoms with van der Waals surface area (Å²) in [5.74, 6) is 0.925. The second kappa shape index (κ2) is 5.32. The van der Waals surface area contributed by atoms with Gasteiger partial charge in [0.25, 0.3) is 0 Å². The summed E-state index contributed by atoms with van der Waals surface area (Å²) >= 11 is 6.11. The van der Waals surface area contributed by atoms with Crippen LogP contribution in [0.3, 0.4) is 0 Å². The van der Waals surface area contributed by atoms with E-state index in [2.05, 4.69) is 11.4 Å². The van der Waals surface area contributed by atoms with Crippen LogP contribution in [0.15, 0.2) is 24.3 Å². The Morgan fingerprint density at radius 3 is 2.90 bits per heavy atom. The molecule has 0 amide bonds. The zero-order chi connectivity index (χ0) is 14.2. The van der Waals surface area contributed by atoms with Crippen molar-refractivity contribution in [1.29, 1.82) is 0 Å². The molecule has 1 aromatic rings. The average Bonchev–Trinajstić information content (AvgIpc) is 2.37. The molecule has 2 saturated heterocycles. The highest BCUT2D eigenvalue weighted by molar-refractivity contribution is 7.91. The number of nitrogens with one attached hydrogen (secondary N) is 1. The predicted molar refractivity (Wildman–Crippen MR) is 82.0 cm³/mol. The molecule has 3 nitrogen and oxygen atoms in total. The first-order chi connectivity index (χ1) is 9.51. The van der Waals surface area contributed by atoms with Crippen molar-refractivity contribution in [2.24, 2.45) is 5.41 Å². The standard InChI is InChI=1S/C15H20ClNO2S/c16-13-4-1-3-12(9-13)14-10-17-7-6-15(14)5-2-8-20(18,19)11-15/h1,3-4,9,14,17H,2,5-8,10-11H2. The SMILES string of the molecule is O=S1(=O)CCCC2(CCNCC2c2cccc(Cl)c2)C1. The number of sulfone groups is 1. The van der Waals surface area contributed by atoms with E-state index >= 15 is 0 Å². The van der Waals surface area contributed by atoms with Crippen LogP contribution in [0.1, 0.15) is 30.7 Å². The van der Waals surface area contributed by atoms with Crippen molar-refractivity contribution in [3.8, 4) is 0 Å². The van der Waals surface area contributed by atoms with Gasteiger partial charge in [-0.25, -0.2) is 8.42 Å². The number of benzene rings is 1. The van der Waals surface area contributed by atoms with Crippen LogP contribution >= 0.6 is 11.6 Å². The molecule has 0 aromatic heterocycles. The Kier molecular flexibility index (Phi) is 3.82. The molecule has 0 saturated carbocycles. The lowest BCUT2D eigenvalue weighted by Gasteiger charge is -2.47. The van der Waals surface area contributed by atoms with Crippen LogP contribution in [0.2, 0.25) is 5.02 Å². The summed E-state index contributed by atoms with van der Waals surface area (Å²) in [5.41, 5.74) is 1.06. The number of halogens is 1. The molecule has 1 N–H and O–H groups in total. The molecule has 5 heteroatoms. The summed E-state index contributed by atoms with van der Waals surface area (Å²) < 4.78 is 24.2. The second-order valence-electron chi connectivity index (χ2n) is 6.12. The quantitative estimate of drug-likeness (QED) is 0.867. The summed E-state index contributed by atoms with van der Waals surface area (Å²) in [5, 5.41) is 4.14. The van der Waals surface area contributed by atoms with Crippen molar-refractivity contribution in [3.63, 3.8) is 0 Å². The Hall–Kier alpha value is -0.580. The third-order valence-corrected chi connectivity index (χ3v) is 6.94. The number of rotatable bonds is 1. The van der Waals surface area contributed by atoms with Crippen LogP contribution in [0, 0.1) is 5.41 Å². The first-order valence-corrected chi connectivity index (χ1v) is 9.37. The van der Waals surface area contributed by atoms with Crippen molar-refractivity contribution in [1.82, 2.24) is 5.32 Å². The summed E-state index contributed by atoms with van der Waals surface area (Å²) in [4.78, 5) is 0. The molecule has 2 unspecified atom stereocenters. The molecule has 3 rings (SSSR count). The molecule has 1 spiro atoms. The summed E-state index contributed by atoms with van der Waals surface area (Å²) in [7, 11) is -2.90. The minimum absolute atomic E-state index is 0.104. The summed E-state index contributed by atoms with van der Waals surface area (Å²) in [6.45, 7) is 1.75. The first kappa shape index (κ1) is 14.4. The number of hydrogen-bond acceptors (Lipinski definition) is 3. The Morgan fingerprint density at radius 1 is 1.30 bits per heavy atom. The Morgan fingerprint density at radius 2 is 2.15 bits per heavy atom. The van der Waals surface area contributed by atoms with Crippen LogP contribution < -0.4 is 5.32 Å². The van der Waals surface area contributed by atoms with E-state index in [1.807, 2.05) is 18.2 Å². The van der Waals surface area contributed by atoms with Gasteiger partial charge in [0.2, 0.25) is 0 Å². The van der Waals surface area contributed by atoms with E-state index in [0.717, 1.165) is 37.4 Å². The zero-order valence-electron chi connectivity index (χ0n) is 11.4. The van der Waals surface area contributed by atoms with E-state index in [4.69, 9.17) is 11.6 Å². The van der Waals surface area contributed by atoms with E-state index in [9.17, 15) is 8.42 Å². The molecule has 2 aliphatic rings. The Labute approximate surface area is 125 Å². The molecule has 0 aliphatic carbocycles. The molecule has 1 aromatic carbocycles. The van der Waals surface area contributed by atoms with Crippen molar-refractivity contribution in [3.05, 3.63) is 34.9 Å². The normalized spacial score (nSPS) is 33.1. The predicted octanol–water partition coefficient (Wildman–Crippen LogP) is 2.61. The number of piperidine rings is 1. The highest BCUT2D eigenvalue weighted by atomic mass is 35.5. The van der Waals surface area contributed by atoms with Gasteiger partial charge in [-0.05, 0) is 48.9 Å². The molecule has 110 valence electrons. The largest absolute Gasteiger partial charge is 0.316 e. The number of hydrogen-bond donors (Lipinski definition) is 1. The molecule has 2 aliphatic heterocycles. The van der Waals surface area contributed by atoms with Gasteiger partial charge in [-0.1, -0.05) is 23.7 Å². The molecular formula is C15H20ClNO2S. The molecule has 2 atom stereocenters. The van der Waals surface area contributed by atoms with Crippen molar-refractivity contribution >= 4 is 21.4 Å². The van der Waals surface area contributed by atoms with Crippen LogP contribution in [0.25, 0.3) is 0 Å². The molecule has 0 radical (unpaired) electrons. The minimum atomic E-state index is -2.90. The zero-order valence-corrected chi connectivity index (χ0v) is 13.0. The van der Waals surface area contributed by atoms with E-state index < -0.39 is 9.84 Å². The summed E-state index contributed by atoms with van der Waals surface area (Å²) in [6, 6.07) is 7.89. The molecule has 2 fully saturated rings. The van der Waals surface area contributed by atoms with E-state index in [1.54, 1.807) is 0 Å². The van der Waals surface area contributed by atoms with Gasteiger partial charge in [-0.2, -0.15) is 0 Å². The monoisotopic (exact) mass is 313 g/mol. The minimum Gasteiger partial charge on any atom is -0.316 e. The third kappa shape index (κ3) is 2.74. The fourth-order valence-electron chi connectivity index (χ4n) is 3.87. The third-order valence-electron chi connectivity index (χ3n) is 4.78. The van der Waals surface area contributed by atoms with Crippen molar-refractivity contribution < 1.29 is 8.42 Å². The Bertz CT molecular complexity index is 598. The van der Waals surface area contributed by atoms with E-state index in [0.29, 0.717) is 11.5 Å². The van der Waals surface area contributed by atoms with E-state index in [1.165, 1.54) is 5.56 Å². The van der Waals surface area contributed by atoms with Gasteiger partial charge >= 0.3 is 0 Å². The highest BCUT2D eigenvalue weighted by Crippen LogP contribution is 2.48. The van der Waals surface area contributed by atoms with Gasteiger partial charge in [0.1, 0.15) is 0 Å². The molecule has 20 heavy (non-hydrogen) atoms. The van der Waals surface area contributed by atoms with Gasteiger partial charge in [-0.3, -0.25) is 0 Å². The maximum absolute atomic E-state index is 12.1. The van der Waals surface area contributed by atoms with Crippen molar-refractivity contribution in [2.75, 3.05) is 24.6 Å². The fraction of sp³-hybridized carbons (Fsp3) is 0.600. The first-order valence-electron chi connectivity index (χ1n) is 7.17. The van der Waals surface area contributed by atoms with Gasteiger partial charge in [-0.15, -0.1) is 0 Å². The van der Waals surface area contributed by atoms with Gasteiger partial charge in [0, 0.05) is 17.5 Å². The van der Waals surface area contributed by atoms with Crippen LogP contribution in [-0.2, 0) is 9.84 Å². The maximum Gasteiger partial charge on any atom is 0.150 e. The van der Waals surface area contributed by atoms with Crippen LogP contribution in [0.5, 0.6) is 0 Å². The second-order valence-corrected chi connectivity index (χ2v) is 8.74. The van der Waals surface area contributed by atoms with Crippen LogP contribution in [0.4, 0.5) is 0 Å². The molecule has 0 bridgehead atoms. The summed E-state index contributed by atoms with van der Waals surface area (Å²) in [6.07, 6.45) is 2.73. The lowest BCUT2D eigenvalue weighted by Crippen LogP contribution is -2.49. The van der Waals surface area contributed by atoms with Crippen LogP contribution in [-0.4, -0.2) is 33.0 Å². The van der Waals surface area contributed by atoms with E-state index in [-0.39, 0.29) is 11.3 Å². The average molecular weight is 314 g/mol. The highest BCUT2D eigenvalue weighted by Gasteiger charge is 2.46. The van der Waals surface area contributed by atoms with Crippen molar-refractivity contribution in [2.45, 2.75) is 25.2 Å². The fourth-order valence-corrected chi connectivity index (χ4v) is 6.16. The lowest BCUT2D eigenvalue weighted by atomic mass is 9.66. The Balaban J connectivity index is 1.99. The van der Waals surface area contributed by atoms with Gasteiger partial charge in [0.15, 0.2) is 9.84 Å². The topological polar surface area (TPSA) is 46.2 Å². The van der Waals surface area contributed by atoms with Gasteiger partial charge < -0.3 is 5.32 Å². The van der Waals surface area contributed by atoms with Gasteiger partial charge in [0.05, 0.1) is 11.5 Å². The molecule has 2 heterocycles. The maximum atomic E-state index is 12.1. The smallest absolute Gasteiger partial charge is 0.150 e. The lowest BCUT2D eigenvalue weighted by molar-refractivity contribution is 0.168. The molecular weight excluding hydrogens is 294 g/mol.